The number of hydrogen-bond acceptors (Lipinski definition) is 5. The van der Waals surface area contributed by atoms with Crippen LogP contribution in [0.5, 0.6) is 0 Å². The van der Waals surface area contributed by atoms with E-state index in [0.29, 0.717) is 28.1 Å². The maximum absolute atomic E-state index is 13.0. The molecule has 31 heavy (non-hydrogen) atoms. The zero-order valence-electron chi connectivity index (χ0n) is 16.5. The first-order valence-electron chi connectivity index (χ1n) is 9.87. The number of likely N-dealkylation sites (tertiary alicyclic amines) is 1. The molecule has 1 fully saturated rings. The van der Waals surface area contributed by atoms with Crippen molar-refractivity contribution >= 4 is 45.7 Å². The second-order valence-corrected chi connectivity index (χ2v) is 8.83. The highest BCUT2D eigenvalue weighted by molar-refractivity contribution is 9.10. The number of carbonyl (C=O) groups excluding carboxylic acids is 2. The summed E-state index contributed by atoms with van der Waals surface area (Å²) in [6.07, 6.45) is 0.847. The van der Waals surface area contributed by atoms with Crippen LogP contribution in [0.1, 0.15) is 34.0 Å². The molecule has 2 N–H and O–H groups in total. The van der Waals surface area contributed by atoms with Crippen molar-refractivity contribution in [3.05, 3.63) is 68.7 Å². The quantitative estimate of drug-likeness (QED) is 0.652. The number of aliphatic imine (C=N–C) groups is 1. The monoisotopic (exact) mass is 505 g/mol. The van der Waals surface area contributed by atoms with Gasteiger partial charge in [-0.3, -0.25) is 14.6 Å². The van der Waals surface area contributed by atoms with Crippen molar-refractivity contribution in [1.82, 2.24) is 10.2 Å². The zero-order chi connectivity index (χ0) is 22.0. The van der Waals surface area contributed by atoms with Gasteiger partial charge in [0.15, 0.2) is 6.40 Å². The van der Waals surface area contributed by atoms with Gasteiger partial charge in [0.05, 0.1) is 18.2 Å². The summed E-state index contributed by atoms with van der Waals surface area (Å²) in [6.45, 7) is 1.03. The first-order valence-corrected chi connectivity index (χ1v) is 11.0. The molecule has 2 amide bonds. The van der Waals surface area contributed by atoms with Gasteiger partial charge in [0.25, 0.3) is 5.91 Å². The molecule has 162 valence electrons. The number of aliphatic hydroxyl groups is 1. The molecular weight excluding hydrogens is 486 g/mol. The standard InChI is InChI=1S/C22H21BrClN3O4/c23-18-7-15(24)5-6-17(18)22(30)27-11-16(28)8-19(27)21(29)26-9-13-1-3-14(4-2-13)20-10-25-12-31-20/h1-7,12,16,19-20,28H,8-11H2,(H,26,29). The lowest BCUT2D eigenvalue weighted by molar-refractivity contribution is -0.125. The normalized spacial score (nSPS) is 22.4. The molecule has 2 aliphatic heterocycles. The number of ether oxygens (including phenoxy) is 1. The van der Waals surface area contributed by atoms with E-state index in [1.54, 1.807) is 18.2 Å². The van der Waals surface area contributed by atoms with E-state index in [9.17, 15) is 14.7 Å². The molecule has 2 aliphatic rings. The van der Waals surface area contributed by atoms with Gasteiger partial charge in [0.1, 0.15) is 12.1 Å². The number of nitrogens with zero attached hydrogens (tertiary/aromatic N) is 2. The van der Waals surface area contributed by atoms with Crippen LogP contribution in [-0.2, 0) is 16.1 Å². The minimum absolute atomic E-state index is 0.0598. The summed E-state index contributed by atoms with van der Waals surface area (Å²) in [6, 6.07) is 11.9. The van der Waals surface area contributed by atoms with Gasteiger partial charge < -0.3 is 20.1 Å². The Morgan fingerprint density at radius 1 is 1.26 bits per heavy atom. The Balaban J connectivity index is 1.40. The average molecular weight is 507 g/mol. The Hall–Kier alpha value is -2.42. The van der Waals surface area contributed by atoms with Gasteiger partial charge in [0.2, 0.25) is 5.91 Å². The second kappa shape index (κ2) is 9.38. The molecule has 3 unspecified atom stereocenters. The molecule has 0 radical (unpaired) electrons. The van der Waals surface area contributed by atoms with Gasteiger partial charge in [-0.15, -0.1) is 0 Å². The van der Waals surface area contributed by atoms with Crippen LogP contribution in [0, 0.1) is 0 Å². The Bertz CT molecular complexity index is 1010. The first kappa shape index (κ1) is 21.8. The SMILES string of the molecule is O=C(NCc1ccc(C2CN=CO2)cc1)C1CC(O)CN1C(=O)c1ccc(Cl)cc1Br. The van der Waals surface area contributed by atoms with Crippen LogP contribution in [0.4, 0.5) is 0 Å². The summed E-state index contributed by atoms with van der Waals surface area (Å²) >= 11 is 9.30. The summed E-state index contributed by atoms with van der Waals surface area (Å²) in [5.74, 6) is -0.630. The number of benzene rings is 2. The zero-order valence-corrected chi connectivity index (χ0v) is 18.8. The van der Waals surface area contributed by atoms with Crippen molar-refractivity contribution in [3.63, 3.8) is 0 Å². The molecule has 7 nitrogen and oxygen atoms in total. The maximum atomic E-state index is 13.0. The maximum Gasteiger partial charge on any atom is 0.255 e. The van der Waals surface area contributed by atoms with Crippen molar-refractivity contribution in [2.75, 3.05) is 13.1 Å². The molecule has 0 aromatic heterocycles. The predicted molar refractivity (Wildman–Crippen MR) is 120 cm³/mol. The molecule has 1 saturated heterocycles. The molecule has 0 aliphatic carbocycles. The number of halogens is 2. The fourth-order valence-corrected chi connectivity index (χ4v) is 4.60. The average Bonchev–Trinajstić information content (AvgIpc) is 3.42. The van der Waals surface area contributed by atoms with E-state index in [0.717, 1.165) is 11.1 Å². The van der Waals surface area contributed by atoms with Crippen LogP contribution in [0.3, 0.4) is 0 Å². The Labute approximate surface area is 193 Å². The minimum Gasteiger partial charge on any atom is -0.474 e. The molecule has 0 spiro atoms. The topological polar surface area (TPSA) is 91.2 Å². The molecule has 2 aromatic carbocycles. The Morgan fingerprint density at radius 2 is 2.03 bits per heavy atom. The Kier molecular flexibility index (Phi) is 6.60. The van der Waals surface area contributed by atoms with Gasteiger partial charge in [-0.25, -0.2) is 0 Å². The predicted octanol–water partition coefficient (Wildman–Crippen LogP) is 3.09. The minimum atomic E-state index is -0.751. The van der Waals surface area contributed by atoms with Gasteiger partial charge in [0, 0.05) is 29.0 Å². The number of amides is 2. The molecule has 0 saturated carbocycles. The van der Waals surface area contributed by atoms with Crippen molar-refractivity contribution < 1.29 is 19.4 Å². The lowest BCUT2D eigenvalue weighted by atomic mass is 10.1. The van der Waals surface area contributed by atoms with E-state index in [1.165, 1.54) is 11.3 Å². The first-order chi connectivity index (χ1) is 14.9. The van der Waals surface area contributed by atoms with Crippen LogP contribution in [0.2, 0.25) is 5.02 Å². The number of hydrogen-bond donors (Lipinski definition) is 2. The van der Waals surface area contributed by atoms with E-state index >= 15 is 0 Å². The highest BCUT2D eigenvalue weighted by Gasteiger charge is 2.39. The molecule has 2 aromatic rings. The number of rotatable bonds is 5. The van der Waals surface area contributed by atoms with Gasteiger partial charge >= 0.3 is 0 Å². The second-order valence-electron chi connectivity index (χ2n) is 7.54. The number of carbonyl (C=O) groups is 2. The van der Waals surface area contributed by atoms with Gasteiger partial charge in [-0.1, -0.05) is 35.9 Å². The largest absolute Gasteiger partial charge is 0.474 e. The summed E-state index contributed by atoms with van der Waals surface area (Å²) in [4.78, 5) is 31.3. The van der Waals surface area contributed by atoms with E-state index in [-0.39, 0.29) is 30.9 Å². The third-order valence-electron chi connectivity index (χ3n) is 5.39. The van der Waals surface area contributed by atoms with E-state index in [2.05, 4.69) is 26.2 Å². The van der Waals surface area contributed by atoms with Crippen molar-refractivity contribution in [1.29, 1.82) is 0 Å². The summed E-state index contributed by atoms with van der Waals surface area (Å²) in [5, 5.41) is 13.5. The van der Waals surface area contributed by atoms with Crippen LogP contribution < -0.4 is 5.32 Å². The molecule has 0 bridgehead atoms. The summed E-state index contributed by atoms with van der Waals surface area (Å²) < 4.78 is 5.95. The van der Waals surface area contributed by atoms with Crippen LogP contribution in [0.25, 0.3) is 0 Å². The molecule has 2 heterocycles. The van der Waals surface area contributed by atoms with Crippen LogP contribution in [0.15, 0.2) is 51.9 Å². The van der Waals surface area contributed by atoms with E-state index in [4.69, 9.17) is 16.3 Å². The third-order valence-corrected chi connectivity index (χ3v) is 6.28. The smallest absolute Gasteiger partial charge is 0.255 e. The van der Waals surface area contributed by atoms with Crippen LogP contribution >= 0.6 is 27.5 Å². The van der Waals surface area contributed by atoms with E-state index in [1.807, 2.05) is 24.3 Å². The fourth-order valence-electron chi connectivity index (χ4n) is 3.74. The van der Waals surface area contributed by atoms with Crippen LogP contribution in [-0.4, -0.2) is 53.5 Å². The van der Waals surface area contributed by atoms with E-state index < -0.39 is 12.1 Å². The molecule has 3 atom stereocenters. The van der Waals surface area contributed by atoms with Crippen molar-refractivity contribution in [3.8, 4) is 0 Å². The van der Waals surface area contributed by atoms with Crippen molar-refractivity contribution in [2.24, 2.45) is 4.99 Å². The lowest BCUT2D eigenvalue weighted by Gasteiger charge is -2.24. The van der Waals surface area contributed by atoms with Crippen molar-refractivity contribution in [2.45, 2.75) is 31.2 Å². The summed E-state index contributed by atoms with van der Waals surface area (Å²) in [7, 11) is 0. The third kappa shape index (κ3) is 4.92. The Morgan fingerprint density at radius 3 is 2.71 bits per heavy atom. The number of nitrogens with one attached hydrogen (secondary N) is 1. The lowest BCUT2D eigenvalue weighted by Crippen LogP contribution is -2.45. The highest BCUT2D eigenvalue weighted by Crippen LogP contribution is 2.27. The van der Waals surface area contributed by atoms with Gasteiger partial charge in [-0.05, 0) is 45.3 Å². The molecular formula is C22H21BrClN3O4. The fraction of sp³-hybridized carbons (Fsp3) is 0.318. The molecule has 4 rings (SSSR count). The van der Waals surface area contributed by atoms with Gasteiger partial charge in [-0.2, -0.15) is 0 Å². The summed E-state index contributed by atoms with van der Waals surface area (Å²) in [5.41, 5.74) is 2.34. The number of β-amino-alcohol motifs (C(OH)–C–C–N with tert-alkyl or cyclic N) is 1. The molecule has 9 heteroatoms. The number of aliphatic hydroxyl groups excluding tert-OH is 1. The highest BCUT2D eigenvalue weighted by atomic mass is 79.9.